The third-order valence-electron chi connectivity index (χ3n) is 5.13. The molecule has 4 rings (SSSR count). The molecule has 0 saturated carbocycles. The van der Waals surface area contributed by atoms with E-state index in [-0.39, 0.29) is 6.09 Å². The molecular weight excluding hydrogens is 388 g/mol. The maximum Gasteiger partial charge on any atom is 0.409 e. The Hall–Kier alpha value is -2.86. The van der Waals surface area contributed by atoms with Crippen LogP contribution >= 0.6 is 11.6 Å². The minimum absolute atomic E-state index is 0.257. The SMILES string of the molecule is CCOC(=O)N1CCN(c2nc(-c3ccccc3Cl)nc3cccc(C)c23)CC1. The summed E-state index contributed by atoms with van der Waals surface area (Å²) in [5, 5.41) is 1.66. The first-order valence-corrected chi connectivity index (χ1v) is 10.1. The third kappa shape index (κ3) is 3.85. The van der Waals surface area contributed by atoms with Crippen molar-refractivity contribution in [3.05, 3.63) is 53.1 Å². The van der Waals surface area contributed by atoms with Gasteiger partial charge in [0.1, 0.15) is 5.82 Å². The summed E-state index contributed by atoms with van der Waals surface area (Å²) >= 11 is 6.41. The molecule has 1 aromatic heterocycles. The highest BCUT2D eigenvalue weighted by atomic mass is 35.5. The van der Waals surface area contributed by atoms with Crippen LogP contribution in [0, 0.1) is 6.92 Å². The Morgan fingerprint density at radius 2 is 1.83 bits per heavy atom. The summed E-state index contributed by atoms with van der Waals surface area (Å²) in [7, 11) is 0. The molecule has 0 atom stereocenters. The van der Waals surface area contributed by atoms with Crippen LogP contribution < -0.4 is 4.90 Å². The molecule has 7 heteroatoms. The van der Waals surface area contributed by atoms with Crippen LogP contribution in [-0.2, 0) is 4.74 Å². The summed E-state index contributed by atoms with van der Waals surface area (Å²) in [5.74, 6) is 1.49. The average molecular weight is 411 g/mol. The molecule has 150 valence electrons. The Labute approximate surface area is 175 Å². The molecule has 29 heavy (non-hydrogen) atoms. The average Bonchev–Trinajstić information content (AvgIpc) is 2.74. The number of anilines is 1. The number of piperazine rings is 1. The molecule has 1 fully saturated rings. The number of hydrogen-bond acceptors (Lipinski definition) is 5. The van der Waals surface area contributed by atoms with E-state index in [4.69, 9.17) is 26.3 Å². The van der Waals surface area contributed by atoms with Gasteiger partial charge in [-0.3, -0.25) is 0 Å². The zero-order valence-electron chi connectivity index (χ0n) is 16.6. The van der Waals surface area contributed by atoms with Crippen LogP contribution in [-0.4, -0.2) is 53.7 Å². The predicted molar refractivity (Wildman–Crippen MR) is 116 cm³/mol. The standard InChI is InChI=1S/C22H23ClN4O2/c1-3-29-22(28)27-13-11-26(12-14-27)21-19-15(2)7-6-10-18(19)24-20(25-21)16-8-4-5-9-17(16)23/h4-10H,3,11-14H2,1-2H3. The van der Waals surface area contributed by atoms with Crippen molar-refractivity contribution in [2.45, 2.75) is 13.8 Å². The molecule has 0 bridgehead atoms. The first-order valence-electron chi connectivity index (χ1n) is 9.77. The second-order valence-corrected chi connectivity index (χ2v) is 7.40. The van der Waals surface area contributed by atoms with Gasteiger partial charge in [-0.2, -0.15) is 0 Å². The molecule has 6 nitrogen and oxygen atoms in total. The highest BCUT2D eigenvalue weighted by molar-refractivity contribution is 6.33. The van der Waals surface area contributed by atoms with Gasteiger partial charge in [0, 0.05) is 37.1 Å². The van der Waals surface area contributed by atoms with Gasteiger partial charge in [-0.1, -0.05) is 35.9 Å². The number of ether oxygens (including phenoxy) is 1. The van der Waals surface area contributed by atoms with E-state index >= 15 is 0 Å². The summed E-state index contributed by atoms with van der Waals surface area (Å²) in [6, 6.07) is 13.7. The number of benzene rings is 2. The van der Waals surface area contributed by atoms with E-state index in [0.29, 0.717) is 43.6 Å². The van der Waals surface area contributed by atoms with Crippen LogP contribution in [0.25, 0.3) is 22.3 Å². The van der Waals surface area contributed by atoms with Gasteiger partial charge in [-0.15, -0.1) is 0 Å². The number of aromatic nitrogens is 2. The second kappa shape index (κ2) is 8.25. The van der Waals surface area contributed by atoms with E-state index < -0.39 is 0 Å². The van der Waals surface area contributed by atoms with Gasteiger partial charge >= 0.3 is 6.09 Å². The van der Waals surface area contributed by atoms with Crippen molar-refractivity contribution in [2.75, 3.05) is 37.7 Å². The van der Waals surface area contributed by atoms with E-state index in [1.165, 1.54) is 0 Å². The van der Waals surface area contributed by atoms with Crippen LogP contribution in [0.4, 0.5) is 10.6 Å². The molecule has 0 spiro atoms. The number of fused-ring (bicyclic) bond motifs is 1. The second-order valence-electron chi connectivity index (χ2n) is 6.99. The fourth-order valence-corrected chi connectivity index (χ4v) is 3.86. The Kier molecular flexibility index (Phi) is 5.53. The molecule has 0 N–H and O–H groups in total. The lowest BCUT2D eigenvalue weighted by Crippen LogP contribution is -2.49. The number of halogens is 1. The van der Waals surface area contributed by atoms with Crippen LogP contribution in [0.1, 0.15) is 12.5 Å². The molecule has 1 aliphatic heterocycles. The van der Waals surface area contributed by atoms with Gasteiger partial charge in [0.25, 0.3) is 0 Å². The first-order chi connectivity index (χ1) is 14.1. The van der Waals surface area contributed by atoms with Gasteiger partial charge in [-0.25, -0.2) is 14.8 Å². The maximum absolute atomic E-state index is 12.0. The predicted octanol–water partition coefficient (Wildman–Crippen LogP) is 4.54. The zero-order chi connectivity index (χ0) is 20.4. The van der Waals surface area contributed by atoms with Crippen molar-refractivity contribution in [3.63, 3.8) is 0 Å². The van der Waals surface area contributed by atoms with E-state index in [1.54, 1.807) is 4.90 Å². The van der Waals surface area contributed by atoms with Crippen molar-refractivity contribution in [3.8, 4) is 11.4 Å². The van der Waals surface area contributed by atoms with Crippen LogP contribution in [0.5, 0.6) is 0 Å². The van der Waals surface area contributed by atoms with Gasteiger partial charge < -0.3 is 14.5 Å². The summed E-state index contributed by atoms with van der Waals surface area (Å²) in [4.78, 5) is 25.7. The molecule has 0 aliphatic carbocycles. The molecule has 2 aromatic carbocycles. The van der Waals surface area contributed by atoms with E-state index in [2.05, 4.69) is 17.9 Å². The molecule has 0 unspecified atom stereocenters. The lowest BCUT2D eigenvalue weighted by molar-refractivity contribution is 0.105. The van der Waals surface area contributed by atoms with Gasteiger partial charge in [0.2, 0.25) is 0 Å². The molecule has 0 radical (unpaired) electrons. The quantitative estimate of drug-likeness (QED) is 0.634. The van der Waals surface area contributed by atoms with E-state index in [1.807, 2.05) is 43.3 Å². The number of carbonyl (C=O) groups is 1. The molecular formula is C22H23ClN4O2. The van der Waals surface area contributed by atoms with E-state index in [9.17, 15) is 4.79 Å². The number of carbonyl (C=O) groups excluding carboxylic acids is 1. The van der Waals surface area contributed by atoms with Crippen molar-refractivity contribution < 1.29 is 9.53 Å². The Morgan fingerprint density at radius 3 is 2.55 bits per heavy atom. The third-order valence-corrected chi connectivity index (χ3v) is 5.46. The van der Waals surface area contributed by atoms with Crippen LogP contribution in [0.3, 0.4) is 0 Å². The molecule has 1 saturated heterocycles. The fourth-order valence-electron chi connectivity index (χ4n) is 3.64. The number of amides is 1. The maximum atomic E-state index is 12.0. The molecule has 1 aliphatic rings. The van der Waals surface area contributed by atoms with Gasteiger partial charge in [0.15, 0.2) is 5.82 Å². The summed E-state index contributed by atoms with van der Waals surface area (Å²) in [6.45, 7) is 6.83. The minimum Gasteiger partial charge on any atom is -0.450 e. The lowest BCUT2D eigenvalue weighted by atomic mass is 10.1. The minimum atomic E-state index is -0.257. The smallest absolute Gasteiger partial charge is 0.409 e. The Balaban J connectivity index is 1.74. The molecule has 3 aromatic rings. The summed E-state index contributed by atoms with van der Waals surface area (Å²) in [5.41, 5.74) is 2.82. The molecule has 2 heterocycles. The van der Waals surface area contributed by atoms with Crippen molar-refractivity contribution in [2.24, 2.45) is 0 Å². The first kappa shape index (κ1) is 19.5. The Bertz CT molecular complexity index is 1050. The number of rotatable bonds is 3. The fraction of sp³-hybridized carbons (Fsp3) is 0.318. The van der Waals surface area contributed by atoms with Crippen LogP contribution in [0.15, 0.2) is 42.5 Å². The normalized spacial score (nSPS) is 14.3. The largest absolute Gasteiger partial charge is 0.450 e. The number of aryl methyl sites for hydroxylation is 1. The number of hydrogen-bond donors (Lipinski definition) is 0. The highest BCUT2D eigenvalue weighted by Gasteiger charge is 2.25. The molecule has 1 amide bonds. The van der Waals surface area contributed by atoms with Gasteiger partial charge in [0.05, 0.1) is 17.1 Å². The number of nitrogens with zero attached hydrogens (tertiary/aromatic N) is 4. The topological polar surface area (TPSA) is 58.6 Å². The van der Waals surface area contributed by atoms with Crippen molar-refractivity contribution in [1.29, 1.82) is 0 Å². The zero-order valence-corrected chi connectivity index (χ0v) is 17.3. The van der Waals surface area contributed by atoms with Gasteiger partial charge in [-0.05, 0) is 37.6 Å². The van der Waals surface area contributed by atoms with Crippen molar-refractivity contribution >= 4 is 34.4 Å². The monoisotopic (exact) mass is 410 g/mol. The lowest BCUT2D eigenvalue weighted by Gasteiger charge is -2.35. The highest BCUT2D eigenvalue weighted by Crippen LogP contribution is 2.32. The summed E-state index contributed by atoms with van der Waals surface area (Å²) in [6.07, 6.45) is -0.257. The van der Waals surface area contributed by atoms with Crippen molar-refractivity contribution in [1.82, 2.24) is 14.9 Å². The Morgan fingerprint density at radius 1 is 1.07 bits per heavy atom. The van der Waals surface area contributed by atoms with Crippen LogP contribution in [0.2, 0.25) is 5.02 Å². The van der Waals surface area contributed by atoms with E-state index in [0.717, 1.165) is 27.8 Å². The summed E-state index contributed by atoms with van der Waals surface area (Å²) < 4.78 is 5.13.